The summed E-state index contributed by atoms with van der Waals surface area (Å²) in [5.41, 5.74) is 5.02. The Hall–Kier alpha value is -2.67. The molecule has 6 nitrogen and oxygen atoms in total. The minimum absolute atomic E-state index is 0.127. The normalized spacial score (nSPS) is 11.0. The predicted molar refractivity (Wildman–Crippen MR) is 113 cm³/mol. The monoisotopic (exact) mass is 445 g/mol. The van der Waals surface area contributed by atoms with Gasteiger partial charge in [0.25, 0.3) is 5.91 Å². The second-order valence-corrected chi connectivity index (χ2v) is 7.26. The summed E-state index contributed by atoms with van der Waals surface area (Å²) in [5.74, 6) is 0.121. The van der Waals surface area contributed by atoms with E-state index in [-0.39, 0.29) is 24.8 Å². The molecule has 148 valence electrons. The third-order valence-electron chi connectivity index (χ3n) is 3.86. The van der Waals surface area contributed by atoms with Gasteiger partial charge in [-0.2, -0.15) is 5.10 Å². The topological polar surface area (TPSA) is 79.8 Å². The minimum Gasteiger partial charge on any atom is -0.483 e. The number of hydrazone groups is 1. The number of nitrogens with zero attached hydrogens (tertiary/aromatic N) is 1. The molecule has 0 aliphatic carbocycles. The van der Waals surface area contributed by atoms with Crippen molar-refractivity contribution in [2.75, 3.05) is 13.2 Å². The highest BCUT2D eigenvalue weighted by molar-refractivity contribution is 9.10. The molecular weight excluding hydrogens is 422 g/mol. The van der Waals surface area contributed by atoms with Crippen LogP contribution in [0.4, 0.5) is 0 Å². The van der Waals surface area contributed by atoms with E-state index in [0.29, 0.717) is 18.0 Å². The van der Waals surface area contributed by atoms with Crippen molar-refractivity contribution in [3.05, 3.63) is 64.1 Å². The Morgan fingerprint density at radius 2 is 1.86 bits per heavy atom. The van der Waals surface area contributed by atoms with Gasteiger partial charge in [-0.3, -0.25) is 9.59 Å². The van der Waals surface area contributed by atoms with Crippen LogP contribution in [0.1, 0.15) is 24.5 Å². The lowest BCUT2D eigenvalue weighted by molar-refractivity contribution is -0.123. The Morgan fingerprint density at radius 3 is 2.57 bits per heavy atom. The highest BCUT2D eigenvalue weighted by atomic mass is 79.9. The minimum atomic E-state index is -0.383. The lowest BCUT2D eigenvalue weighted by Crippen LogP contribution is -2.29. The number of hydrogen-bond donors (Lipinski definition) is 2. The molecule has 0 aliphatic rings. The van der Waals surface area contributed by atoms with E-state index in [0.717, 1.165) is 16.5 Å². The van der Waals surface area contributed by atoms with E-state index in [1.165, 1.54) is 5.56 Å². The Bertz CT molecular complexity index is 838. The number of halogens is 1. The number of nitrogens with one attached hydrogen (secondary N) is 2. The third-order valence-corrected chi connectivity index (χ3v) is 4.36. The van der Waals surface area contributed by atoms with Gasteiger partial charge in [0.05, 0.1) is 6.42 Å². The standard InChI is InChI=1S/C21H24BrN3O3/c1-15-12-18(22)8-9-19(15)28-14-21(27)25-24-16(2)13-20(26)23-11-10-17-6-4-3-5-7-17/h3-9,12H,10-11,13-14H2,1-2H3,(H,23,26)(H,25,27)/b24-16+. The molecule has 0 unspecified atom stereocenters. The Labute approximate surface area is 173 Å². The maximum atomic E-state index is 11.9. The van der Waals surface area contributed by atoms with E-state index >= 15 is 0 Å². The maximum Gasteiger partial charge on any atom is 0.277 e. The number of carbonyl (C=O) groups is 2. The van der Waals surface area contributed by atoms with Crippen molar-refractivity contribution in [2.45, 2.75) is 26.7 Å². The predicted octanol–water partition coefficient (Wildman–Crippen LogP) is 3.38. The molecule has 0 bridgehead atoms. The zero-order chi connectivity index (χ0) is 20.4. The highest BCUT2D eigenvalue weighted by Crippen LogP contribution is 2.21. The average molecular weight is 446 g/mol. The zero-order valence-electron chi connectivity index (χ0n) is 16.0. The fraction of sp³-hybridized carbons (Fsp3) is 0.286. The van der Waals surface area contributed by atoms with Crippen LogP contribution in [0, 0.1) is 6.92 Å². The van der Waals surface area contributed by atoms with Gasteiger partial charge in [-0.05, 0) is 49.6 Å². The van der Waals surface area contributed by atoms with E-state index in [2.05, 4.69) is 31.8 Å². The Balaban J connectivity index is 1.67. The van der Waals surface area contributed by atoms with Gasteiger partial charge in [0.2, 0.25) is 5.91 Å². The molecule has 0 radical (unpaired) electrons. The number of aryl methyl sites for hydroxylation is 1. The van der Waals surface area contributed by atoms with Crippen LogP contribution in [0.25, 0.3) is 0 Å². The Kier molecular flexibility index (Phi) is 8.68. The third kappa shape index (κ3) is 7.92. The lowest BCUT2D eigenvalue weighted by atomic mass is 10.1. The van der Waals surface area contributed by atoms with Crippen LogP contribution in [0.2, 0.25) is 0 Å². The van der Waals surface area contributed by atoms with Gasteiger partial charge in [-0.25, -0.2) is 5.43 Å². The molecule has 2 aromatic carbocycles. The van der Waals surface area contributed by atoms with Gasteiger partial charge >= 0.3 is 0 Å². The summed E-state index contributed by atoms with van der Waals surface area (Å²) in [4.78, 5) is 23.8. The van der Waals surface area contributed by atoms with Crippen molar-refractivity contribution in [1.29, 1.82) is 0 Å². The van der Waals surface area contributed by atoms with Gasteiger partial charge in [0, 0.05) is 16.7 Å². The number of amides is 2. The van der Waals surface area contributed by atoms with Gasteiger partial charge in [0.1, 0.15) is 5.75 Å². The SMILES string of the molecule is C/C(CC(=O)NCCc1ccccc1)=N\NC(=O)COc1ccc(Br)cc1C. The molecule has 0 aromatic heterocycles. The van der Waals surface area contributed by atoms with E-state index in [1.807, 2.05) is 49.4 Å². The van der Waals surface area contributed by atoms with Crippen LogP contribution in [0.3, 0.4) is 0 Å². The van der Waals surface area contributed by atoms with E-state index in [9.17, 15) is 9.59 Å². The first-order valence-electron chi connectivity index (χ1n) is 8.95. The molecule has 0 saturated heterocycles. The second kappa shape index (κ2) is 11.2. The number of carbonyl (C=O) groups excluding carboxylic acids is 2. The van der Waals surface area contributed by atoms with Crippen molar-refractivity contribution in [1.82, 2.24) is 10.7 Å². The van der Waals surface area contributed by atoms with Crippen LogP contribution < -0.4 is 15.5 Å². The zero-order valence-corrected chi connectivity index (χ0v) is 17.6. The van der Waals surface area contributed by atoms with Crippen molar-refractivity contribution < 1.29 is 14.3 Å². The molecule has 0 atom stereocenters. The number of ether oxygens (including phenoxy) is 1. The van der Waals surface area contributed by atoms with Crippen molar-refractivity contribution in [3.8, 4) is 5.75 Å². The first-order valence-corrected chi connectivity index (χ1v) is 9.75. The fourth-order valence-corrected chi connectivity index (χ4v) is 2.91. The molecule has 7 heteroatoms. The molecule has 0 fully saturated rings. The van der Waals surface area contributed by atoms with Crippen LogP contribution in [0.5, 0.6) is 5.75 Å². The molecular formula is C21H24BrN3O3. The average Bonchev–Trinajstić information content (AvgIpc) is 2.66. The van der Waals surface area contributed by atoms with Crippen LogP contribution in [-0.4, -0.2) is 30.7 Å². The molecule has 0 heterocycles. The van der Waals surface area contributed by atoms with E-state index < -0.39 is 0 Å². The summed E-state index contributed by atoms with van der Waals surface area (Å²) < 4.78 is 6.43. The summed E-state index contributed by atoms with van der Waals surface area (Å²) in [6.45, 7) is 4.00. The van der Waals surface area contributed by atoms with E-state index in [4.69, 9.17) is 4.74 Å². The maximum absolute atomic E-state index is 11.9. The molecule has 2 N–H and O–H groups in total. The van der Waals surface area contributed by atoms with Crippen molar-refractivity contribution in [2.24, 2.45) is 5.10 Å². The number of hydrogen-bond acceptors (Lipinski definition) is 4. The second-order valence-electron chi connectivity index (χ2n) is 6.34. The lowest BCUT2D eigenvalue weighted by Gasteiger charge is -2.09. The Morgan fingerprint density at radius 1 is 1.11 bits per heavy atom. The van der Waals surface area contributed by atoms with Gasteiger partial charge < -0.3 is 10.1 Å². The molecule has 2 aromatic rings. The fourth-order valence-electron chi connectivity index (χ4n) is 2.43. The van der Waals surface area contributed by atoms with Crippen LogP contribution >= 0.6 is 15.9 Å². The summed E-state index contributed by atoms with van der Waals surface area (Å²) in [7, 11) is 0. The van der Waals surface area contributed by atoms with Gasteiger partial charge in [0.15, 0.2) is 6.61 Å². The number of benzene rings is 2. The smallest absolute Gasteiger partial charge is 0.277 e. The largest absolute Gasteiger partial charge is 0.483 e. The molecule has 2 amide bonds. The van der Waals surface area contributed by atoms with Crippen LogP contribution in [-0.2, 0) is 16.0 Å². The van der Waals surface area contributed by atoms with Crippen LogP contribution in [0.15, 0.2) is 58.1 Å². The van der Waals surface area contributed by atoms with Gasteiger partial charge in [-0.15, -0.1) is 0 Å². The first kappa shape index (κ1) is 21.6. The van der Waals surface area contributed by atoms with Crippen molar-refractivity contribution >= 4 is 33.5 Å². The molecule has 0 saturated carbocycles. The van der Waals surface area contributed by atoms with E-state index in [1.54, 1.807) is 13.0 Å². The quantitative estimate of drug-likeness (QED) is 0.458. The molecule has 0 spiro atoms. The number of rotatable bonds is 9. The molecule has 0 aliphatic heterocycles. The summed E-state index contributed by atoms with van der Waals surface area (Å²) in [5, 5.41) is 6.79. The summed E-state index contributed by atoms with van der Waals surface area (Å²) in [6, 6.07) is 15.5. The van der Waals surface area contributed by atoms with Crippen molar-refractivity contribution in [3.63, 3.8) is 0 Å². The molecule has 2 rings (SSSR count). The summed E-state index contributed by atoms with van der Waals surface area (Å²) >= 11 is 3.38. The highest BCUT2D eigenvalue weighted by Gasteiger charge is 2.07. The van der Waals surface area contributed by atoms with Gasteiger partial charge in [-0.1, -0.05) is 46.3 Å². The summed E-state index contributed by atoms with van der Waals surface area (Å²) in [6.07, 6.45) is 0.897. The first-order chi connectivity index (χ1) is 13.4. The molecule has 28 heavy (non-hydrogen) atoms.